The number of carbonyl (C=O) groups is 1. The highest BCUT2D eigenvalue weighted by Crippen LogP contribution is 2.18. The SMILES string of the molecule is CCN(CCNC(=O)c1ccc(C)c(NS(C)(=O)=O)c1)c1cccc(C)c1. The van der Waals surface area contributed by atoms with Crippen LogP contribution in [0, 0.1) is 13.8 Å². The molecule has 0 bridgehead atoms. The molecule has 6 nitrogen and oxygen atoms in total. The fourth-order valence-electron chi connectivity index (χ4n) is 2.77. The van der Waals surface area contributed by atoms with Gasteiger partial charge in [-0.2, -0.15) is 0 Å². The van der Waals surface area contributed by atoms with Gasteiger partial charge in [-0.25, -0.2) is 8.42 Å². The van der Waals surface area contributed by atoms with E-state index in [1.165, 1.54) is 5.56 Å². The zero-order chi connectivity index (χ0) is 20.0. The largest absolute Gasteiger partial charge is 0.370 e. The summed E-state index contributed by atoms with van der Waals surface area (Å²) in [5.74, 6) is -0.230. The number of amides is 1. The van der Waals surface area contributed by atoms with E-state index in [1.807, 2.05) is 6.07 Å². The Labute approximate surface area is 161 Å². The van der Waals surface area contributed by atoms with Crippen molar-refractivity contribution in [3.05, 3.63) is 59.2 Å². The average molecular weight is 390 g/mol. The Balaban J connectivity index is 2.00. The molecule has 0 unspecified atom stereocenters. The van der Waals surface area contributed by atoms with Crippen molar-refractivity contribution in [2.75, 3.05) is 35.5 Å². The maximum atomic E-state index is 12.4. The summed E-state index contributed by atoms with van der Waals surface area (Å²) < 4.78 is 25.4. The number of anilines is 2. The van der Waals surface area contributed by atoms with Crippen LogP contribution in [0.5, 0.6) is 0 Å². The maximum Gasteiger partial charge on any atom is 0.251 e. The summed E-state index contributed by atoms with van der Waals surface area (Å²) in [4.78, 5) is 14.6. The quantitative estimate of drug-likeness (QED) is 0.728. The van der Waals surface area contributed by atoms with Gasteiger partial charge in [0.2, 0.25) is 10.0 Å². The number of carbonyl (C=O) groups excluding carboxylic acids is 1. The number of hydrogen-bond acceptors (Lipinski definition) is 4. The number of nitrogens with one attached hydrogen (secondary N) is 2. The van der Waals surface area contributed by atoms with Gasteiger partial charge in [0.15, 0.2) is 0 Å². The third-order valence-corrected chi connectivity index (χ3v) is 4.80. The monoisotopic (exact) mass is 389 g/mol. The van der Waals surface area contributed by atoms with E-state index in [1.54, 1.807) is 25.1 Å². The zero-order valence-corrected chi connectivity index (χ0v) is 17.1. The lowest BCUT2D eigenvalue weighted by atomic mass is 10.1. The van der Waals surface area contributed by atoms with E-state index < -0.39 is 10.0 Å². The lowest BCUT2D eigenvalue weighted by molar-refractivity contribution is 0.0954. The molecule has 0 heterocycles. The molecule has 0 atom stereocenters. The predicted molar refractivity (Wildman–Crippen MR) is 111 cm³/mol. The molecule has 7 heteroatoms. The first-order valence-corrected chi connectivity index (χ1v) is 10.8. The van der Waals surface area contributed by atoms with Crippen molar-refractivity contribution in [2.45, 2.75) is 20.8 Å². The standard InChI is InChI=1S/C20H27N3O3S/c1-5-23(18-8-6-7-15(2)13-18)12-11-21-20(24)17-10-9-16(3)19(14-17)22-27(4,25)26/h6-10,13-14,22H,5,11-12H2,1-4H3,(H,21,24). The molecule has 146 valence electrons. The van der Waals surface area contributed by atoms with Crippen LogP contribution in [-0.4, -0.2) is 40.2 Å². The highest BCUT2D eigenvalue weighted by Gasteiger charge is 2.11. The molecule has 0 fully saturated rings. The van der Waals surface area contributed by atoms with Crippen molar-refractivity contribution >= 4 is 27.3 Å². The maximum absolute atomic E-state index is 12.4. The number of likely N-dealkylation sites (N-methyl/N-ethyl adjacent to an activating group) is 1. The van der Waals surface area contributed by atoms with Crippen molar-refractivity contribution in [1.29, 1.82) is 0 Å². The van der Waals surface area contributed by atoms with Crippen LogP contribution in [0.15, 0.2) is 42.5 Å². The summed E-state index contributed by atoms with van der Waals surface area (Å²) in [6.07, 6.45) is 1.09. The van der Waals surface area contributed by atoms with E-state index in [2.05, 4.69) is 47.0 Å². The average Bonchev–Trinajstić information content (AvgIpc) is 2.59. The first-order chi connectivity index (χ1) is 12.7. The molecule has 0 radical (unpaired) electrons. The van der Waals surface area contributed by atoms with Crippen molar-refractivity contribution in [3.63, 3.8) is 0 Å². The van der Waals surface area contributed by atoms with Gasteiger partial charge in [0.05, 0.1) is 11.9 Å². The second-order valence-electron chi connectivity index (χ2n) is 6.58. The first-order valence-electron chi connectivity index (χ1n) is 8.88. The summed E-state index contributed by atoms with van der Waals surface area (Å²) in [6.45, 7) is 7.93. The fraction of sp³-hybridized carbons (Fsp3) is 0.350. The van der Waals surface area contributed by atoms with Gasteiger partial charge in [0, 0.05) is 30.9 Å². The van der Waals surface area contributed by atoms with Crippen LogP contribution >= 0.6 is 0 Å². The van der Waals surface area contributed by atoms with Crippen LogP contribution in [0.1, 0.15) is 28.4 Å². The minimum Gasteiger partial charge on any atom is -0.370 e. The normalized spacial score (nSPS) is 11.1. The molecule has 27 heavy (non-hydrogen) atoms. The number of benzene rings is 2. The van der Waals surface area contributed by atoms with Gasteiger partial charge in [-0.15, -0.1) is 0 Å². The Morgan fingerprint density at radius 3 is 2.48 bits per heavy atom. The number of hydrogen-bond donors (Lipinski definition) is 2. The molecule has 0 aromatic heterocycles. The Kier molecular flexibility index (Phi) is 6.85. The Bertz CT molecular complexity index is 910. The molecule has 0 saturated carbocycles. The van der Waals surface area contributed by atoms with Crippen LogP contribution < -0.4 is 14.9 Å². The highest BCUT2D eigenvalue weighted by atomic mass is 32.2. The minimum atomic E-state index is -3.40. The summed E-state index contributed by atoms with van der Waals surface area (Å²) >= 11 is 0. The number of aryl methyl sites for hydroxylation is 2. The Hall–Kier alpha value is -2.54. The number of rotatable bonds is 8. The molecule has 0 saturated heterocycles. The third kappa shape index (κ3) is 6.29. The van der Waals surface area contributed by atoms with Crippen molar-refractivity contribution < 1.29 is 13.2 Å². The molecule has 2 aromatic rings. The van der Waals surface area contributed by atoms with Crippen LogP contribution in [0.2, 0.25) is 0 Å². The fourth-order valence-corrected chi connectivity index (χ4v) is 3.39. The van der Waals surface area contributed by atoms with Crippen molar-refractivity contribution in [3.8, 4) is 0 Å². The van der Waals surface area contributed by atoms with Crippen molar-refractivity contribution in [2.24, 2.45) is 0 Å². The Morgan fingerprint density at radius 1 is 1.11 bits per heavy atom. The van der Waals surface area contributed by atoms with Crippen LogP contribution in [0.4, 0.5) is 11.4 Å². The molecule has 2 aromatic carbocycles. The lowest BCUT2D eigenvalue weighted by Crippen LogP contribution is -2.35. The van der Waals surface area contributed by atoms with Gasteiger partial charge >= 0.3 is 0 Å². The number of sulfonamides is 1. The molecule has 2 rings (SSSR count). The minimum absolute atomic E-state index is 0.230. The molecular weight excluding hydrogens is 362 g/mol. The molecule has 0 aliphatic heterocycles. The second-order valence-corrected chi connectivity index (χ2v) is 8.33. The topological polar surface area (TPSA) is 78.5 Å². The van der Waals surface area contributed by atoms with Crippen molar-refractivity contribution in [1.82, 2.24) is 5.32 Å². The van der Waals surface area contributed by atoms with Gasteiger partial charge in [-0.1, -0.05) is 18.2 Å². The summed E-state index contributed by atoms with van der Waals surface area (Å²) in [7, 11) is -3.40. The molecule has 0 aliphatic rings. The summed E-state index contributed by atoms with van der Waals surface area (Å²) in [5, 5.41) is 2.90. The molecule has 2 N–H and O–H groups in total. The smallest absolute Gasteiger partial charge is 0.251 e. The van der Waals surface area contributed by atoms with Gasteiger partial charge in [0.1, 0.15) is 0 Å². The second kappa shape index (κ2) is 8.90. The van der Waals surface area contributed by atoms with Crippen LogP contribution in [0.3, 0.4) is 0 Å². The van der Waals surface area contributed by atoms with E-state index in [-0.39, 0.29) is 5.91 Å². The third-order valence-electron chi connectivity index (χ3n) is 4.21. The van der Waals surface area contributed by atoms with Gasteiger partial charge in [-0.05, 0) is 56.2 Å². The molecule has 1 amide bonds. The summed E-state index contributed by atoms with van der Waals surface area (Å²) in [5.41, 5.74) is 3.92. The van der Waals surface area contributed by atoms with Gasteiger partial charge in [0.25, 0.3) is 5.91 Å². The van der Waals surface area contributed by atoms with E-state index in [0.717, 1.165) is 24.1 Å². The van der Waals surface area contributed by atoms with E-state index in [0.29, 0.717) is 24.3 Å². The zero-order valence-electron chi connectivity index (χ0n) is 16.2. The van der Waals surface area contributed by atoms with E-state index in [4.69, 9.17) is 0 Å². The lowest BCUT2D eigenvalue weighted by Gasteiger charge is -2.23. The highest BCUT2D eigenvalue weighted by molar-refractivity contribution is 7.92. The molecule has 0 aliphatic carbocycles. The van der Waals surface area contributed by atoms with E-state index in [9.17, 15) is 13.2 Å². The van der Waals surface area contributed by atoms with Crippen LogP contribution in [-0.2, 0) is 10.0 Å². The van der Waals surface area contributed by atoms with E-state index >= 15 is 0 Å². The predicted octanol–water partition coefficient (Wildman–Crippen LogP) is 2.93. The molecular formula is C20H27N3O3S. The van der Waals surface area contributed by atoms with Gasteiger partial charge in [-0.3, -0.25) is 9.52 Å². The number of nitrogens with zero attached hydrogens (tertiary/aromatic N) is 1. The van der Waals surface area contributed by atoms with Gasteiger partial charge < -0.3 is 10.2 Å². The first kappa shape index (κ1) is 20.8. The molecule has 0 spiro atoms. The van der Waals surface area contributed by atoms with Crippen LogP contribution in [0.25, 0.3) is 0 Å². The Morgan fingerprint density at radius 2 is 1.85 bits per heavy atom. The summed E-state index contributed by atoms with van der Waals surface area (Å²) in [6, 6.07) is 13.2.